The molecular weight excluding hydrogens is 360 g/mol. The smallest absolute Gasteiger partial charge is 0.258 e. The molecular formula is C21H24N2O3S. The number of carbonyl (C=O) groups is 1. The molecule has 1 fully saturated rings. The van der Waals surface area contributed by atoms with E-state index in [1.54, 1.807) is 28.6 Å². The van der Waals surface area contributed by atoms with Crippen molar-refractivity contribution in [1.29, 1.82) is 0 Å². The third-order valence-electron chi connectivity index (χ3n) is 5.48. The van der Waals surface area contributed by atoms with E-state index in [9.17, 15) is 13.2 Å². The van der Waals surface area contributed by atoms with Gasteiger partial charge < -0.3 is 4.90 Å². The molecule has 2 aliphatic rings. The first kappa shape index (κ1) is 18.2. The van der Waals surface area contributed by atoms with Crippen LogP contribution in [-0.2, 0) is 16.4 Å². The van der Waals surface area contributed by atoms with Crippen LogP contribution >= 0.6 is 0 Å². The minimum absolute atomic E-state index is 0.0885. The summed E-state index contributed by atoms with van der Waals surface area (Å²) >= 11 is 0. The van der Waals surface area contributed by atoms with E-state index in [0.717, 1.165) is 31.4 Å². The van der Waals surface area contributed by atoms with Crippen LogP contribution in [-0.4, -0.2) is 37.8 Å². The highest BCUT2D eigenvalue weighted by Gasteiger charge is 2.32. The number of hydrogen-bond acceptors (Lipinski definition) is 3. The first-order valence-electron chi connectivity index (χ1n) is 9.50. The van der Waals surface area contributed by atoms with E-state index in [4.69, 9.17) is 0 Å². The molecule has 2 aliphatic heterocycles. The van der Waals surface area contributed by atoms with Crippen LogP contribution in [0.2, 0.25) is 0 Å². The summed E-state index contributed by atoms with van der Waals surface area (Å²) in [6.45, 7) is 3.18. The molecule has 5 nitrogen and oxygen atoms in total. The first-order valence-corrected chi connectivity index (χ1v) is 10.9. The molecule has 1 saturated heterocycles. The van der Waals surface area contributed by atoms with Gasteiger partial charge >= 0.3 is 0 Å². The summed E-state index contributed by atoms with van der Waals surface area (Å²) in [5.74, 6) is -0.0885. The van der Waals surface area contributed by atoms with Crippen LogP contribution in [0.4, 0.5) is 5.69 Å². The van der Waals surface area contributed by atoms with Crippen molar-refractivity contribution in [1.82, 2.24) is 4.31 Å². The van der Waals surface area contributed by atoms with Gasteiger partial charge in [-0.05, 0) is 62.1 Å². The molecule has 0 saturated carbocycles. The predicted molar refractivity (Wildman–Crippen MR) is 105 cm³/mol. The van der Waals surface area contributed by atoms with Gasteiger partial charge in [0, 0.05) is 30.4 Å². The van der Waals surface area contributed by atoms with Crippen LogP contribution < -0.4 is 4.90 Å². The maximum atomic E-state index is 13.0. The molecule has 4 rings (SSSR count). The molecule has 2 aromatic rings. The monoisotopic (exact) mass is 384 g/mol. The molecule has 0 aromatic heterocycles. The van der Waals surface area contributed by atoms with E-state index in [1.807, 2.05) is 36.1 Å². The Morgan fingerprint density at radius 3 is 2.33 bits per heavy atom. The Balaban J connectivity index is 1.58. The number of rotatable bonds is 3. The highest BCUT2D eigenvalue weighted by Crippen LogP contribution is 2.33. The van der Waals surface area contributed by atoms with Gasteiger partial charge in [0.25, 0.3) is 5.91 Å². The summed E-state index contributed by atoms with van der Waals surface area (Å²) in [5.41, 5.74) is 2.62. The predicted octanol–water partition coefficient (Wildman–Crippen LogP) is 3.45. The number of benzene rings is 2. The van der Waals surface area contributed by atoms with Crippen molar-refractivity contribution in [3.05, 3.63) is 59.7 Å². The molecule has 1 amide bonds. The topological polar surface area (TPSA) is 57.7 Å². The first-order chi connectivity index (χ1) is 13.0. The summed E-state index contributed by atoms with van der Waals surface area (Å²) in [6.07, 6.45) is 3.72. The average molecular weight is 385 g/mol. The van der Waals surface area contributed by atoms with E-state index in [1.165, 1.54) is 5.56 Å². The SMILES string of the molecule is CC1Cc2ccccc2N1C(=O)c1ccc(S(=O)(=O)N2CCCCC2)cc1. The molecule has 2 aromatic carbocycles. The minimum Gasteiger partial charge on any atom is -0.305 e. The Kier molecular flexibility index (Phi) is 4.78. The minimum atomic E-state index is -3.47. The van der Waals surface area contributed by atoms with Gasteiger partial charge in [-0.2, -0.15) is 4.31 Å². The molecule has 142 valence electrons. The lowest BCUT2D eigenvalue weighted by Gasteiger charge is -2.26. The maximum Gasteiger partial charge on any atom is 0.258 e. The standard InChI is InChI=1S/C21H24N2O3S/c1-16-15-18-7-3-4-8-20(18)23(16)21(24)17-9-11-19(12-10-17)27(25,26)22-13-5-2-6-14-22/h3-4,7-12,16H,2,5-6,13-15H2,1H3. The van der Waals surface area contributed by atoms with Crippen LogP contribution in [0.1, 0.15) is 42.1 Å². The fourth-order valence-electron chi connectivity index (χ4n) is 4.04. The molecule has 0 bridgehead atoms. The summed E-state index contributed by atoms with van der Waals surface area (Å²) in [5, 5.41) is 0. The van der Waals surface area contributed by atoms with Gasteiger partial charge in [-0.3, -0.25) is 4.79 Å². The van der Waals surface area contributed by atoms with Crippen molar-refractivity contribution in [2.24, 2.45) is 0 Å². The van der Waals surface area contributed by atoms with Gasteiger partial charge in [-0.15, -0.1) is 0 Å². The third kappa shape index (κ3) is 3.28. The number of sulfonamides is 1. The number of fused-ring (bicyclic) bond motifs is 1. The molecule has 1 atom stereocenters. The van der Waals surface area contributed by atoms with E-state index in [0.29, 0.717) is 18.7 Å². The number of carbonyl (C=O) groups excluding carboxylic acids is 1. The molecule has 6 heteroatoms. The Hall–Kier alpha value is -2.18. The zero-order valence-electron chi connectivity index (χ0n) is 15.5. The largest absolute Gasteiger partial charge is 0.305 e. The molecule has 1 unspecified atom stereocenters. The summed E-state index contributed by atoms with van der Waals surface area (Å²) < 4.78 is 27.1. The molecule has 2 heterocycles. The van der Waals surface area contributed by atoms with Crippen molar-refractivity contribution in [2.75, 3.05) is 18.0 Å². The zero-order valence-corrected chi connectivity index (χ0v) is 16.3. The Morgan fingerprint density at radius 2 is 1.63 bits per heavy atom. The number of anilines is 1. The van der Waals surface area contributed by atoms with Crippen molar-refractivity contribution >= 4 is 21.6 Å². The zero-order chi connectivity index (χ0) is 19.0. The van der Waals surface area contributed by atoms with Crippen LogP contribution in [0, 0.1) is 0 Å². The lowest BCUT2D eigenvalue weighted by molar-refractivity contribution is 0.0981. The molecule has 0 radical (unpaired) electrons. The number of para-hydroxylation sites is 1. The maximum absolute atomic E-state index is 13.0. The summed E-state index contributed by atoms with van der Waals surface area (Å²) in [6, 6.07) is 14.4. The van der Waals surface area contributed by atoms with Crippen molar-refractivity contribution < 1.29 is 13.2 Å². The summed E-state index contributed by atoms with van der Waals surface area (Å²) in [7, 11) is -3.47. The second-order valence-electron chi connectivity index (χ2n) is 7.35. The Labute approximate surface area is 160 Å². The fraction of sp³-hybridized carbons (Fsp3) is 0.381. The van der Waals surface area contributed by atoms with Crippen LogP contribution in [0.5, 0.6) is 0 Å². The number of nitrogens with zero attached hydrogens (tertiary/aromatic N) is 2. The van der Waals surface area contributed by atoms with Crippen molar-refractivity contribution in [3.63, 3.8) is 0 Å². The van der Waals surface area contributed by atoms with Gasteiger partial charge in [-0.1, -0.05) is 24.6 Å². The van der Waals surface area contributed by atoms with Gasteiger partial charge in [0.05, 0.1) is 4.90 Å². The second kappa shape index (κ2) is 7.09. The van der Waals surface area contributed by atoms with E-state index >= 15 is 0 Å². The van der Waals surface area contributed by atoms with Gasteiger partial charge in [0.2, 0.25) is 10.0 Å². The molecule has 27 heavy (non-hydrogen) atoms. The van der Waals surface area contributed by atoms with E-state index < -0.39 is 10.0 Å². The van der Waals surface area contributed by atoms with E-state index in [2.05, 4.69) is 0 Å². The highest BCUT2D eigenvalue weighted by atomic mass is 32.2. The van der Waals surface area contributed by atoms with Gasteiger partial charge in [0.1, 0.15) is 0 Å². The fourth-order valence-corrected chi connectivity index (χ4v) is 5.55. The van der Waals surface area contributed by atoms with Crippen molar-refractivity contribution in [3.8, 4) is 0 Å². The second-order valence-corrected chi connectivity index (χ2v) is 9.28. The van der Waals surface area contributed by atoms with Gasteiger partial charge in [0.15, 0.2) is 0 Å². The normalized spacial score (nSPS) is 20.5. The lowest BCUT2D eigenvalue weighted by Crippen LogP contribution is -2.36. The lowest BCUT2D eigenvalue weighted by atomic mass is 10.1. The molecule has 0 N–H and O–H groups in total. The summed E-state index contributed by atoms with van der Waals surface area (Å²) in [4.78, 5) is 15.1. The number of hydrogen-bond donors (Lipinski definition) is 0. The third-order valence-corrected chi connectivity index (χ3v) is 7.39. The Morgan fingerprint density at radius 1 is 0.963 bits per heavy atom. The number of amides is 1. The van der Waals surface area contributed by atoms with Crippen LogP contribution in [0.3, 0.4) is 0 Å². The number of piperidine rings is 1. The highest BCUT2D eigenvalue weighted by molar-refractivity contribution is 7.89. The van der Waals surface area contributed by atoms with Crippen LogP contribution in [0.15, 0.2) is 53.4 Å². The van der Waals surface area contributed by atoms with E-state index in [-0.39, 0.29) is 16.8 Å². The van der Waals surface area contributed by atoms with Crippen molar-refractivity contribution in [2.45, 2.75) is 43.5 Å². The van der Waals surface area contributed by atoms with Gasteiger partial charge in [-0.25, -0.2) is 8.42 Å². The average Bonchev–Trinajstić information content (AvgIpc) is 3.04. The molecule has 0 spiro atoms. The quantitative estimate of drug-likeness (QED) is 0.814. The Bertz CT molecular complexity index is 948. The van der Waals surface area contributed by atoms with Crippen LogP contribution in [0.25, 0.3) is 0 Å². The molecule has 0 aliphatic carbocycles.